The van der Waals surface area contributed by atoms with Gasteiger partial charge in [0.1, 0.15) is 5.82 Å². The molecule has 20 heavy (non-hydrogen) atoms. The van der Waals surface area contributed by atoms with Gasteiger partial charge >= 0.3 is 0 Å². The summed E-state index contributed by atoms with van der Waals surface area (Å²) in [5, 5.41) is 4.28. The molecule has 2 rings (SSSR count). The molecule has 108 valence electrons. The van der Waals surface area contributed by atoms with E-state index in [9.17, 15) is 4.39 Å². The topological polar surface area (TPSA) is 47.1 Å². The van der Waals surface area contributed by atoms with Crippen LogP contribution in [0.15, 0.2) is 30.5 Å². The lowest BCUT2D eigenvalue weighted by atomic mass is 10.1. The maximum Gasteiger partial charge on any atom is 0.123 e. The van der Waals surface area contributed by atoms with Crippen LogP contribution in [0.3, 0.4) is 0 Å². The lowest BCUT2D eigenvalue weighted by Gasteiger charge is -2.32. The molecule has 0 saturated carbocycles. The highest BCUT2D eigenvalue weighted by Gasteiger charge is 2.22. The van der Waals surface area contributed by atoms with Crippen LogP contribution in [-0.2, 0) is 7.05 Å². The van der Waals surface area contributed by atoms with Crippen LogP contribution in [0.5, 0.6) is 0 Å². The highest BCUT2D eigenvalue weighted by molar-refractivity contribution is 5.49. The van der Waals surface area contributed by atoms with Crippen molar-refractivity contribution in [2.45, 2.75) is 19.9 Å². The van der Waals surface area contributed by atoms with Crippen LogP contribution < -0.4 is 10.6 Å². The molecule has 1 unspecified atom stereocenters. The largest absolute Gasteiger partial charge is 0.363 e. The van der Waals surface area contributed by atoms with Gasteiger partial charge in [0, 0.05) is 37.1 Å². The molecule has 1 aromatic carbocycles. The van der Waals surface area contributed by atoms with Gasteiger partial charge in [0.2, 0.25) is 0 Å². The molecule has 0 aliphatic carbocycles. The number of aryl methyl sites for hydroxylation is 1. The van der Waals surface area contributed by atoms with Gasteiger partial charge in [0.05, 0.1) is 12.2 Å². The Labute approximate surface area is 119 Å². The predicted molar refractivity (Wildman–Crippen MR) is 79.2 cm³/mol. The Kier molecular flexibility index (Phi) is 4.39. The van der Waals surface area contributed by atoms with E-state index in [1.807, 2.05) is 24.9 Å². The van der Waals surface area contributed by atoms with Gasteiger partial charge in [-0.15, -0.1) is 0 Å². The average Bonchev–Trinajstić information content (AvgIpc) is 2.78. The summed E-state index contributed by atoms with van der Waals surface area (Å²) in [5.41, 5.74) is 9.15. The van der Waals surface area contributed by atoms with Gasteiger partial charge in [0.15, 0.2) is 0 Å². The van der Waals surface area contributed by atoms with Crippen molar-refractivity contribution in [2.24, 2.45) is 12.8 Å². The number of benzene rings is 1. The second-order valence-corrected chi connectivity index (χ2v) is 4.82. The zero-order valence-electron chi connectivity index (χ0n) is 12.2. The Morgan fingerprint density at radius 2 is 2.00 bits per heavy atom. The standard InChI is InChI=1S/C15H21FN4/c1-4-20(13-7-5-12(16)6-8-13)15(9-17)14-10-18-19(3)11(14)2/h5-8,10,15H,4,9,17H2,1-3H3. The highest BCUT2D eigenvalue weighted by atomic mass is 19.1. The van der Waals surface area contributed by atoms with E-state index in [1.54, 1.807) is 12.1 Å². The molecular formula is C15H21FN4. The van der Waals surface area contributed by atoms with Gasteiger partial charge in [-0.1, -0.05) is 0 Å². The Balaban J connectivity index is 2.37. The van der Waals surface area contributed by atoms with Gasteiger partial charge in [-0.25, -0.2) is 4.39 Å². The van der Waals surface area contributed by atoms with Crippen molar-refractivity contribution >= 4 is 5.69 Å². The molecule has 4 nitrogen and oxygen atoms in total. The summed E-state index contributed by atoms with van der Waals surface area (Å²) in [6.45, 7) is 5.38. The second-order valence-electron chi connectivity index (χ2n) is 4.82. The zero-order valence-corrected chi connectivity index (χ0v) is 12.2. The van der Waals surface area contributed by atoms with Crippen molar-refractivity contribution in [3.63, 3.8) is 0 Å². The average molecular weight is 276 g/mol. The predicted octanol–water partition coefficient (Wildman–Crippen LogP) is 2.39. The summed E-state index contributed by atoms with van der Waals surface area (Å²) in [5.74, 6) is -0.230. The number of likely N-dealkylation sites (N-methyl/N-ethyl adjacent to an activating group) is 1. The molecule has 1 atom stereocenters. The fourth-order valence-electron chi connectivity index (χ4n) is 2.48. The van der Waals surface area contributed by atoms with Crippen molar-refractivity contribution in [1.29, 1.82) is 0 Å². The van der Waals surface area contributed by atoms with E-state index < -0.39 is 0 Å². The van der Waals surface area contributed by atoms with E-state index in [0.717, 1.165) is 23.5 Å². The summed E-state index contributed by atoms with van der Waals surface area (Å²) in [6.07, 6.45) is 1.86. The van der Waals surface area contributed by atoms with Crippen molar-refractivity contribution < 1.29 is 4.39 Å². The fourth-order valence-corrected chi connectivity index (χ4v) is 2.48. The lowest BCUT2D eigenvalue weighted by Crippen LogP contribution is -2.34. The summed E-state index contributed by atoms with van der Waals surface area (Å²) in [6, 6.07) is 6.56. The number of nitrogens with zero attached hydrogens (tertiary/aromatic N) is 3. The maximum atomic E-state index is 13.1. The van der Waals surface area contributed by atoms with Crippen LogP contribution in [0.2, 0.25) is 0 Å². The second kappa shape index (κ2) is 6.05. The van der Waals surface area contributed by atoms with Gasteiger partial charge in [-0.2, -0.15) is 5.10 Å². The monoisotopic (exact) mass is 276 g/mol. The molecule has 0 spiro atoms. The van der Waals surface area contributed by atoms with Crippen LogP contribution >= 0.6 is 0 Å². The molecule has 0 aliphatic rings. The van der Waals surface area contributed by atoms with E-state index >= 15 is 0 Å². The van der Waals surface area contributed by atoms with Crippen LogP contribution in [0.25, 0.3) is 0 Å². The molecule has 5 heteroatoms. The third-order valence-corrected chi connectivity index (χ3v) is 3.73. The molecule has 2 N–H and O–H groups in total. The Bertz CT molecular complexity index is 562. The van der Waals surface area contributed by atoms with Crippen molar-refractivity contribution in [2.75, 3.05) is 18.0 Å². The third kappa shape index (κ3) is 2.67. The highest BCUT2D eigenvalue weighted by Crippen LogP contribution is 2.28. The quantitative estimate of drug-likeness (QED) is 0.912. The van der Waals surface area contributed by atoms with Crippen LogP contribution in [0.4, 0.5) is 10.1 Å². The van der Waals surface area contributed by atoms with E-state index in [1.165, 1.54) is 12.1 Å². The number of hydrogen-bond acceptors (Lipinski definition) is 3. The maximum absolute atomic E-state index is 13.1. The van der Waals surface area contributed by atoms with Gasteiger partial charge in [0.25, 0.3) is 0 Å². The molecule has 1 aromatic heterocycles. The normalized spacial score (nSPS) is 12.4. The van der Waals surface area contributed by atoms with Gasteiger partial charge in [-0.05, 0) is 38.1 Å². The Morgan fingerprint density at radius 3 is 2.45 bits per heavy atom. The summed E-state index contributed by atoms with van der Waals surface area (Å²) in [4.78, 5) is 2.17. The number of halogens is 1. The molecule has 1 heterocycles. The minimum Gasteiger partial charge on any atom is -0.363 e. The van der Waals surface area contributed by atoms with E-state index in [0.29, 0.717) is 6.54 Å². The molecule has 0 amide bonds. The molecule has 0 bridgehead atoms. The third-order valence-electron chi connectivity index (χ3n) is 3.73. The first-order valence-electron chi connectivity index (χ1n) is 6.79. The lowest BCUT2D eigenvalue weighted by molar-refractivity contribution is 0.620. The van der Waals surface area contributed by atoms with Gasteiger partial charge in [-0.3, -0.25) is 4.68 Å². The molecule has 0 aliphatic heterocycles. The van der Waals surface area contributed by atoms with E-state index in [2.05, 4.69) is 16.9 Å². The smallest absolute Gasteiger partial charge is 0.123 e. The molecule has 0 saturated heterocycles. The number of aromatic nitrogens is 2. The Hall–Kier alpha value is -1.88. The van der Waals surface area contributed by atoms with Crippen molar-refractivity contribution in [1.82, 2.24) is 9.78 Å². The van der Waals surface area contributed by atoms with Crippen molar-refractivity contribution in [3.8, 4) is 0 Å². The number of rotatable bonds is 5. The SMILES string of the molecule is CCN(c1ccc(F)cc1)C(CN)c1cnn(C)c1C. The fraction of sp³-hybridized carbons (Fsp3) is 0.400. The minimum atomic E-state index is -0.230. The summed E-state index contributed by atoms with van der Waals surface area (Å²) >= 11 is 0. The van der Waals surface area contributed by atoms with Gasteiger partial charge < -0.3 is 10.6 Å². The van der Waals surface area contributed by atoms with Crippen LogP contribution in [-0.4, -0.2) is 22.9 Å². The minimum absolute atomic E-state index is 0.0409. The van der Waals surface area contributed by atoms with Crippen LogP contribution in [0, 0.1) is 12.7 Å². The number of anilines is 1. The zero-order chi connectivity index (χ0) is 14.7. The number of hydrogen-bond donors (Lipinski definition) is 1. The Morgan fingerprint density at radius 1 is 1.35 bits per heavy atom. The summed E-state index contributed by atoms with van der Waals surface area (Å²) in [7, 11) is 1.92. The van der Waals surface area contributed by atoms with E-state index in [-0.39, 0.29) is 11.9 Å². The van der Waals surface area contributed by atoms with Crippen LogP contribution in [0.1, 0.15) is 24.2 Å². The molecule has 0 fully saturated rings. The molecular weight excluding hydrogens is 255 g/mol. The first-order valence-corrected chi connectivity index (χ1v) is 6.79. The first kappa shape index (κ1) is 14.5. The van der Waals surface area contributed by atoms with E-state index in [4.69, 9.17) is 5.73 Å². The summed E-state index contributed by atoms with van der Waals surface area (Å²) < 4.78 is 14.9. The molecule has 0 radical (unpaired) electrons. The first-order chi connectivity index (χ1) is 9.58. The molecule has 2 aromatic rings. The van der Waals surface area contributed by atoms with Crippen molar-refractivity contribution in [3.05, 3.63) is 47.5 Å². The number of nitrogens with two attached hydrogens (primary N) is 1.